The van der Waals surface area contributed by atoms with E-state index < -0.39 is 17.5 Å². The van der Waals surface area contributed by atoms with Gasteiger partial charge in [0.25, 0.3) is 5.91 Å². The van der Waals surface area contributed by atoms with Gasteiger partial charge in [0.05, 0.1) is 6.54 Å². The van der Waals surface area contributed by atoms with Gasteiger partial charge in [0.15, 0.2) is 17.3 Å². The first-order valence-electron chi connectivity index (χ1n) is 10.2. The van der Waals surface area contributed by atoms with Gasteiger partial charge in [0, 0.05) is 5.69 Å². The number of benzene rings is 2. The third kappa shape index (κ3) is 3.73. The molecule has 168 valence electrons. The summed E-state index contributed by atoms with van der Waals surface area (Å²) in [6.07, 6.45) is 0. The van der Waals surface area contributed by atoms with Crippen LogP contribution in [0.2, 0.25) is 0 Å². The van der Waals surface area contributed by atoms with Gasteiger partial charge in [-0.2, -0.15) is 15.0 Å². The lowest BCUT2D eigenvalue weighted by Crippen LogP contribution is -2.40. The molecule has 0 bridgehead atoms. The minimum Gasteiger partial charge on any atom is -0.454 e. The molecule has 11 heteroatoms. The van der Waals surface area contributed by atoms with Gasteiger partial charge in [-0.3, -0.25) is 9.69 Å². The van der Waals surface area contributed by atoms with Gasteiger partial charge in [-0.1, -0.05) is 23.8 Å². The van der Waals surface area contributed by atoms with E-state index in [1.807, 2.05) is 31.2 Å². The second kappa shape index (κ2) is 7.62. The van der Waals surface area contributed by atoms with Gasteiger partial charge < -0.3 is 25.8 Å². The van der Waals surface area contributed by atoms with Gasteiger partial charge in [0.2, 0.25) is 18.7 Å². The van der Waals surface area contributed by atoms with Gasteiger partial charge in [-0.05, 0) is 43.7 Å². The summed E-state index contributed by atoms with van der Waals surface area (Å²) >= 11 is 0. The van der Waals surface area contributed by atoms with E-state index in [0.717, 1.165) is 16.2 Å². The van der Waals surface area contributed by atoms with E-state index in [2.05, 4.69) is 25.6 Å². The summed E-state index contributed by atoms with van der Waals surface area (Å²) in [6.45, 7) is 3.57. The predicted molar refractivity (Wildman–Crippen MR) is 118 cm³/mol. The van der Waals surface area contributed by atoms with E-state index in [0.29, 0.717) is 17.1 Å². The van der Waals surface area contributed by atoms with Gasteiger partial charge in [-0.15, -0.1) is 0 Å². The minimum atomic E-state index is -1.28. The lowest BCUT2D eigenvalue weighted by atomic mass is 9.91. The van der Waals surface area contributed by atoms with Gasteiger partial charge in [-0.25, -0.2) is 4.79 Å². The molecule has 3 amide bonds. The Balaban J connectivity index is 1.38. The van der Waals surface area contributed by atoms with E-state index in [9.17, 15) is 9.59 Å². The lowest BCUT2D eigenvalue weighted by molar-refractivity contribution is -0.131. The van der Waals surface area contributed by atoms with Crippen molar-refractivity contribution in [2.24, 2.45) is 0 Å². The largest absolute Gasteiger partial charge is 0.454 e. The highest BCUT2D eigenvalue weighted by Gasteiger charge is 2.49. The Bertz CT molecular complexity index is 1260. The molecule has 11 nitrogen and oxygen atoms in total. The van der Waals surface area contributed by atoms with Crippen LogP contribution in [0.15, 0.2) is 42.5 Å². The fraction of sp³-hybridized carbons (Fsp3) is 0.227. The first kappa shape index (κ1) is 20.5. The number of nitrogens with zero attached hydrogens (tertiary/aromatic N) is 4. The molecule has 2 aliphatic rings. The molecule has 1 saturated heterocycles. The van der Waals surface area contributed by atoms with Crippen LogP contribution in [0.5, 0.6) is 11.5 Å². The number of nitrogens with one attached hydrogen (secondary N) is 2. The Kier molecular flexibility index (Phi) is 4.73. The maximum absolute atomic E-state index is 13.3. The third-order valence-corrected chi connectivity index (χ3v) is 5.53. The van der Waals surface area contributed by atoms with Crippen LogP contribution in [0.4, 0.5) is 22.4 Å². The van der Waals surface area contributed by atoms with Crippen molar-refractivity contribution in [3.05, 3.63) is 59.4 Å². The summed E-state index contributed by atoms with van der Waals surface area (Å²) in [5, 5.41) is 5.81. The van der Waals surface area contributed by atoms with Crippen molar-refractivity contribution >= 4 is 29.5 Å². The van der Waals surface area contributed by atoms with Crippen molar-refractivity contribution in [3.8, 4) is 11.5 Å². The molecule has 3 heterocycles. The number of nitrogen functional groups attached to an aromatic ring is 1. The van der Waals surface area contributed by atoms with Crippen LogP contribution in [0.3, 0.4) is 0 Å². The highest BCUT2D eigenvalue weighted by Crippen LogP contribution is 2.38. The highest BCUT2D eigenvalue weighted by atomic mass is 16.7. The van der Waals surface area contributed by atoms with Crippen LogP contribution < -0.4 is 25.8 Å². The number of hydrogen-bond donors (Lipinski definition) is 3. The number of rotatable bonds is 5. The maximum Gasteiger partial charge on any atom is 0.325 e. The molecule has 33 heavy (non-hydrogen) atoms. The van der Waals surface area contributed by atoms with E-state index >= 15 is 0 Å². The number of aromatic nitrogens is 3. The molecular weight excluding hydrogens is 426 g/mol. The Labute approximate surface area is 188 Å². The molecule has 1 aromatic heterocycles. The van der Waals surface area contributed by atoms with Crippen molar-refractivity contribution in [1.29, 1.82) is 0 Å². The van der Waals surface area contributed by atoms with Gasteiger partial charge in [0.1, 0.15) is 5.54 Å². The number of urea groups is 1. The molecule has 4 N–H and O–H groups in total. The molecule has 0 spiro atoms. The number of carbonyl (C=O) groups is 2. The molecule has 1 fully saturated rings. The number of aryl methyl sites for hydroxylation is 1. The molecule has 0 unspecified atom stereocenters. The normalized spacial score (nSPS) is 19.0. The number of nitrogens with two attached hydrogens (primary N) is 1. The number of fused-ring (bicyclic) bond motifs is 1. The first-order chi connectivity index (χ1) is 15.8. The maximum atomic E-state index is 13.3. The second-order valence-electron chi connectivity index (χ2n) is 7.94. The Hall–Kier alpha value is -4.41. The van der Waals surface area contributed by atoms with Crippen molar-refractivity contribution in [2.45, 2.75) is 25.9 Å². The number of hydrogen-bond acceptors (Lipinski definition) is 9. The van der Waals surface area contributed by atoms with Crippen LogP contribution in [-0.4, -0.2) is 38.6 Å². The predicted octanol–water partition coefficient (Wildman–Crippen LogP) is 2.20. The number of imide groups is 1. The third-order valence-electron chi connectivity index (χ3n) is 5.53. The van der Waals surface area contributed by atoms with E-state index in [1.54, 1.807) is 25.1 Å². The average molecular weight is 447 g/mol. The fourth-order valence-corrected chi connectivity index (χ4v) is 3.72. The quantitative estimate of drug-likeness (QED) is 0.501. The molecule has 2 aliphatic heterocycles. The van der Waals surface area contributed by atoms with E-state index in [1.165, 1.54) is 0 Å². The van der Waals surface area contributed by atoms with E-state index in [-0.39, 0.29) is 31.1 Å². The topological polar surface area (TPSA) is 145 Å². The summed E-state index contributed by atoms with van der Waals surface area (Å²) < 4.78 is 10.7. The zero-order valence-corrected chi connectivity index (χ0v) is 18.0. The standard InChI is InChI=1S/C22H21N7O4/c1-12-3-6-14(7-4-12)24-20-26-17(25-19(23)27-20)10-29-18(30)22(2,28-21(29)31)13-5-8-15-16(9-13)33-11-32-15/h3-9H,10-11H2,1-2H3,(H,28,31)(H3,23,24,25,26,27)/t22-/m0/s1. The second-order valence-corrected chi connectivity index (χ2v) is 7.94. The molecule has 5 rings (SSSR count). The molecule has 0 aliphatic carbocycles. The Morgan fingerprint density at radius 3 is 2.64 bits per heavy atom. The molecule has 0 saturated carbocycles. The highest BCUT2D eigenvalue weighted by molar-refractivity contribution is 6.07. The number of anilines is 3. The summed E-state index contributed by atoms with van der Waals surface area (Å²) in [4.78, 5) is 39.6. The lowest BCUT2D eigenvalue weighted by Gasteiger charge is -2.22. The van der Waals surface area contributed by atoms with Crippen LogP contribution >= 0.6 is 0 Å². The van der Waals surface area contributed by atoms with Crippen molar-refractivity contribution < 1.29 is 19.1 Å². The van der Waals surface area contributed by atoms with E-state index in [4.69, 9.17) is 15.2 Å². The van der Waals surface area contributed by atoms with Crippen LogP contribution in [0.25, 0.3) is 0 Å². The number of amides is 3. The zero-order chi connectivity index (χ0) is 23.2. The van der Waals surface area contributed by atoms with Crippen molar-refractivity contribution in [1.82, 2.24) is 25.2 Å². The van der Waals surface area contributed by atoms with Crippen LogP contribution in [0.1, 0.15) is 23.9 Å². The van der Waals surface area contributed by atoms with Crippen molar-refractivity contribution in [3.63, 3.8) is 0 Å². The Morgan fingerprint density at radius 2 is 1.85 bits per heavy atom. The monoisotopic (exact) mass is 447 g/mol. The smallest absolute Gasteiger partial charge is 0.325 e. The first-order valence-corrected chi connectivity index (χ1v) is 10.2. The minimum absolute atomic E-state index is 0.0276. The fourth-order valence-electron chi connectivity index (χ4n) is 3.72. The number of ether oxygens (including phenoxy) is 2. The summed E-state index contributed by atoms with van der Waals surface area (Å²) in [6, 6.07) is 12.2. The van der Waals surface area contributed by atoms with Crippen LogP contribution in [-0.2, 0) is 16.9 Å². The summed E-state index contributed by atoms with van der Waals surface area (Å²) in [7, 11) is 0. The number of carbonyl (C=O) groups excluding carboxylic acids is 2. The zero-order valence-electron chi connectivity index (χ0n) is 18.0. The summed E-state index contributed by atoms with van der Waals surface area (Å²) in [5.74, 6) is 1.03. The molecular formula is C22H21N7O4. The van der Waals surface area contributed by atoms with Gasteiger partial charge >= 0.3 is 6.03 Å². The molecule has 2 aromatic carbocycles. The Morgan fingerprint density at radius 1 is 1.09 bits per heavy atom. The van der Waals surface area contributed by atoms with Crippen molar-refractivity contribution in [2.75, 3.05) is 17.8 Å². The van der Waals surface area contributed by atoms with Crippen LogP contribution in [0, 0.1) is 6.92 Å². The molecule has 0 radical (unpaired) electrons. The average Bonchev–Trinajstić information content (AvgIpc) is 3.33. The SMILES string of the molecule is Cc1ccc(Nc2nc(N)nc(CN3C(=O)N[C@@](C)(c4ccc5c(c4)OCO5)C3=O)n2)cc1. The summed E-state index contributed by atoms with van der Waals surface area (Å²) in [5.41, 5.74) is 7.02. The molecule has 3 aromatic rings. The molecule has 1 atom stereocenters.